The van der Waals surface area contributed by atoms with Crippen molar-refractivity contribution < 1.29 is 17.7 Å². The molecule has 1 N–H and O–H groups in total. The molecule has 1 aliphatic heterocycles. The van der Waals surface area contributed by atoms with Gasteiger partial charge in [0.2, 0.25) is 17.6 Å². The zero-order valence-corrected chi connectivity index (χ0v) is 14.2. The smallest absolute Gasteiger partial charge is 0.227 e. The zero-order chi connectivity index (χ0) is 17.2. The van der Waals surface area contributed by atoms with Crippen LogP contribution in [0.15, 0.2) is 33.7 Å². The van der Waals surface area contributed by atoms with E-state index in [1.807, 2.05) is 0 Å². The molecule has 2 heterocycles. The predicted molar refractivity (Wildman–Crippen MR) is 86.9 cm³/mol. The number of aryl methyl sites for hydroxylation is 1. The average molecular weight is 349 g/mol. The number of hydrogen-bond acceptors (Lipinski definition) is 6. The highest BCUT2D eigenvalue weighted by atomic mass is 32.2. The van der Waals surface area contributed by atoms with Gasteiger partial charge in [0.25, 0.3) is 0 Å². The van der Waals surface area contributed by atoms with Crippen LogP contribution >= 0.6 is 0 Å². The van der Waals surface area contributed by atoms with Crippen LogP contribution in [0.25, 0.3) is 11.4 Å². The molecule has 128 valence electrons. The topological polar surface area (TPSA) is 102 Å². The summed E-state index contributed by atoms with van der Waals surface area (Å²) in [6.07, 6.45) is 5.01. The van der Waals surface area contributed by atoms with Crippen molar-refractivity contribution in [3.63, 3.8) is 0 Å². The molecule has 0 saturated carbocycles. The fourth-order valence-corrected chi connectivity index (χ4v) is 3.35. The lowest BCUT2D eigenvalue weighted by molar-refractivity contribution is -0.123. The highest BCUT2D eigenvalue weighted by molar-refractivity contribution is 7.90. The SMILES string of the molecule is CS(=O)(=O)c1ccc(-c2noc(CCC3CCCC(=O)N3)n2)cc1. The highest BCUT2D eigenvalue weighted by Crippen LogP contribution is 2.20. The summed E-state index contributed by atoms with van der Waals surface area (Å²) in [6, 6.07) is 6.53. The van der Waals surface area contributed by atoms with Gasteiger partial charge in [-0.1, -0.05) is 5.16 Å². The maximum atomic E-state index is 11.5. The van der Waals surface area contributed by atoms with Crippen LogP contribution in [0, 0.1) is 0 Å². The molecule has 0 bridgehead atoms. The van der Waals surface area contributed by atoms with Crippen molar-refractivity contribution >= 4 is 15.7 Å². The first-order valence-electron chi connectivity index (χ1n) is 7.84. The quantitative estimate of drug-likeness (QED) is 0.882. The van der Waals surface area contributed by atoms with Gasteiger partial charge in [0.15, 0.2) is 9.84 Å². The number of nitrogens with one attached hydrogen (secondary N) is 1. The number of carbonyl (C=O) groups excluding carboxylic acids is 1. The van der Waals surface area contributed by atoms with E-state index in [0.717, 1.165) is 19.3 Å². The molecule has 8 heteroatoms. The summed E-state index contributed by atoms with van der Waals surface area (Å²) >= 11 is 0. The minimum atomic E-state index is -3.22. The van der Waals surface area contributed by atoms with Crippen LogP contribution in [-0.4, -0.2) is 36.8 Å². The summed E-state index contributed by atoms with van der Waals surface area (Å²) in [5.41, 5.74) is 0.698. The molecule has 1 aromatic carbocycles. The van der Waals surface area contributed by atoms with Crippen molar-refractivity contribution in [1.29, 1.82) is 0 Å². The van der Waals surface area contributed by atoms with Gasteiger partial charge in [-0.2, -0.15) is 4.98 Å². The van der Waals surface area contributed by atoms with E-state index in [4.69, 9.17) is 4.52 Å². The van der Waals surface area contributed by atoms with Gasteiger partial charge in [-0.25, -0.2) is 8.42 Å². The molecule has 2 aromatic rings. The Bertz CT molecular complexity index is 827. The van der Waals surface area contributed by atoms with Gasteiger partial charge in [0.05, 0.1) is 4.90 Å². The Morgan fingerprint density at radius 3 is 2.71 bits per heavy atom. The summed E-state index contributed by atoms with van der Waals surface area (Å²) in [6.45, 7) is 0. The number of benzene rings is 1. The maximum Gasteiger partial charge on any atom is 0.227 e. The summed E-state index contributed by atoms with van der Waals surface area (Å²) < 4.78 is 28.2. The number of aromatic nitrogens is 2. The molecule has 0 aliphatic carbocycles. The number of amides is 1. The second-order valence-electron chi connectivity index (χ2n) is 6.00. The Labute approximate surface area is 140 Å². The van der Waals surface area contributed by atoms with Crippen molar-refractivity contribution in [2.24, 2.45) is 0 Å². The Kier molecular flexibility index (Phi) is 4.66. The molecular formula is C16H19N3O4S. The third-order valence-corrected chi connectivity index (χ3v) is 5.17. The Hall–Kier alpha value is -2.22. The van der Waals surface area contributed by atoms with Gasteiger partial charge >= 0.3 is 0 Å². The van der Waals surface area contributed by atoms with Crippen LogP contribution in [0.3, 0.4) is 0 Å². The summed E-state index contributed by atoms with van der Waals surface area (Å²) in [5.74, 6) is 1.04. The largest absolute Gasteiger partial charge is 0.353 e. The predicted octanol–water partition coefficient (Wildman–Crippen LogP) is 1.74. The number of nitrogens with zero attached hydrogens (tertiary/aromatic N) is 2. The average Bonchev–Trinajstić information content (AvgIpc) is 3.01. The lowest BCUT2D eigenvalue weighted by atomic mass is 10.0. The summed E-state index contributed by atoms with van der Waals surface area (Å²) in [5, 5.41) is 6.89. The van der Waals surface area contributed by atoms with Gasteiger partial charge in [-0.3, -0.25) is 4.79 Å². The van der Waals surface area contributed by atoms with Gasteiger partial charge in [0.1, 0.15) is 0 Å². The van der Waals surface area contributed by atoms with Gasteiger partial charge in [-0.15, -0.1) is 0 Å². The fraction of sp³-hybridized carbons (Fsp3) is 0.438. The molecule has 3 rings (SSSR count). The lowest BCUT2D eigenvalue weighted by Gasteiger charge is -2.22. The number of carbonyl (C=O) groups is 1. The monoisotopic (exact) mass is 349 g/mol. The molecule has 1 amide bonds. The molecule has 1 atom stereocenters. The molecular weight excluding hydrogens is 330 g/mol. The molecule has 0 spiro atoms. The molecule has 7 nitrogen and oxygen atoms in total. The van der Waals surface area contributed by atoms with E-state index in [2.05, 4.69) is 15.5 Å². The first-order valence-corrected chi connectivity index (χ1v) is 9.73. The Morgan fingerprint density at radius 2 is 2.04 bits per heavy atom. The van der Waals surface area contributed by atoms with Gasteiger partial charge < -0.3 is 9.84 Å². The molecule has 1 fully saturated rings. The number of piperidine rings is 1. The molecule has 0 radical (unpaired) electrons. The fourth-order valence-electron chi connectivity index (χ4n) is 2.72. The van der Waals surface area contributed by atoms with Gasteiger partial charge in [-0.05, 0) is 43.5 Å². The minimum Gasteiger partial charge on any atom is -0.353 e. The van der Waals surface area contributed by atoms with E-state index in [-0.39, 0.29) is 16.8 Å². The van der Waals surface area contributed by atoms with Crippen molar-refractivity contribution in [1.82, 2.24) is 15.5 Å². The van der Waals surface area contributed by atoms with Crippen LogP contribution in [0.1, 0.15) is 31.6 Å². The zero-order valence-electron chi connectivity index (χ0n) is 13.4. The first kappa shape index (κ1) is 16.6. The van der Waals surface area contributed by atoms with E-state index >= 15 is 0 Å². The van der Waals surface area contributed by atoms with Crippen molar-refractivity contribution in [3.8, 4) is 11.4 Å². The molecule has 1 aromatic heterocycles. The molecule has 24 heavy (non-hydrogen) atoms. The van der Waals surface area contributed by atoms with Crippen molar-refractivity contribution in [3.05, 3.63) is 30.2 Å². The standard InChI is InChI=1S/C16H19N3O4S/c1-24(21,22)13-8-5-11(6-9-13)16-18-15(23-19-16)10-7-12-3-2-4-14(20)17-12/h5-6,8-9,12H,2-4,7,10H2,1H3,(H,17,20). The number of hydrogen-bond donors (Lipinski definition) is 1. The second-order valence-corrected chi connectivity index (χ2v) is 8.02. The molecule has 1 saturated heterocycles. The van der Waals surface area contributed by atoms with E-state index in [9.17, 15) is 13.2 Å². The number of sulfone groups is 1. The second kappa shape index (κ2) is 6.72. The molecule has 1 aliphatic rings. The van der Waals surface area contributed by atoms with Crippen molar-refractivity contribution in [2.75, 3.05) is 6.26 Å². The molecule has 1 unspecified atom stereocenters. The Morgan fingerprint density at radius 1 is 1.29 bits per heavy atom. The Balaban J connectivity index is 1.64. The maximum absolute atomic E-state index is 11.5. The normalized spacial score (nSPS) is 18.4. The summed E-state index contributed by atoms with van der Waals surface area (Å²) in [4.78, 5) is 16.0. The van der Waals surface area contributed by atoms with E-state index in [1.54, 1.807) is 12.1 Å². The summed E-state index contributed by atoms with van der Waals surface area (Å²) in [7, 11) is -3.22. The highest BCUT2D eigenvalue weighted by Gasteiger charge is 2.19. The first-order chi connectivity index (χ1) is 11.4. The van der Waals surface area contributed by atoms with Crippen LogP contribution in [0.5, 0.6) is 0 Å². The lowest BCUT2D eigenvalue weighted by Crippen LogP contribution is -2.38. The minimum absolute atomic E-state index is 0.100. The van der Waals surface area contributed by atoms with E-state index in [1.165, 1.54) is 18.4 Å². The van der Waals surface area contributed by atoms with E-state index in [0.29, 0.717) is 30.1 Å². The van der Waals surface area contributed by atoms with Crippen LogP contribution in [-0.2, 0) is 21.1 Å². The van der Waals surface area contributed by atoms with E-state index < -0.39 is 9.84 Å². The van der Waals surface area contributed by atoms with Gasteiger partial charge in [0, 0.05) is 30.7 Å². The van der Waals surface area contributed by atoms with Crippen LogP contribution < -0.4 is 5.32 Å². The third-order valence-electron chi connectivity index (χ3n) is 4.04. The number of rotatable bonds is 5. The van der Waals surface area contributed by atoms with Crippen LogP contribution in [0.4, 0.5) is 0 Å². The third kappa shape index (κ3) is 4.00. The van der Waals surface area contributed by atoms with Crippen molar-refractivity contribution in [2.45, 2.75) is 43.0 Å². The van der Waals surface area contributed by atoms with Crippen LogP contribution in [0.2, 0.25) is 0 Å².